The number of benzene rings is 2. The van der Waals surface area contributed by atoms with Gasteiger partial charge in [0.1, 0.15) is 5.82 Å². The van der Waals surface area contributed by atoms with Gasteiger partial charge in [0.05, 0.1) is 11.6 Å². The summed E-state index contributed by atoms with van der Waals surface area (Å²) < 4.78 is 13.7. The van der Waals surface area contributed by atoms with Gasteiger partial charge in [0.2, 0.25) is 0 Å². The molecule has 4 heteroatoms. The monoisotopic (exact) mass is 274 g/mol. The first-order valence-electron chi connectivity index (χ1n) is 5.78. The molecule has 0 radical (unpaired) electrons. The van der Waals surface area contributed by atoms with Gasteiger partial charge in [-0.25, -0.2) is 4.39 Å². The van der Waals surface area contributed by atoms with E-state index in [1.807, 2.05) is 25.1 Å². The second-order valence-corrected chi connectivity index (χ2v) is 4.67. The van der Waals surface area contributed by atoms with Crippen LogP contribution in [0.25, 0.3) is 0 Å². The molecule has 0 heterocycles. The minimum Gasteiger partial charge on any atom is -0.381 e. The van der Waals surface area contributed by atoms with Gasteiger partial charge in [-0.2, -0.15) is 5.26 Å². The molecule has 0 aliphatic heterocycles. The van der Waals surface area contributed by atoms with Crippen molar-refractivity contribution in [2.24, 2.45) is 0 Å². The fourth-order valence-electron chi connectivity index (χ4n) is 1.74. The fraction of sp³-hybridized carbons (Fsp3) is 0.133. The molecule has 0 aliphatic carbocycles. The molecule has 0 saturated heterocycles. The molecule has 0 aliphatic rings. The van der Waals surface area contributed by atoms with E-state index in [9.17, 15) is 4.39 Å². The summed E-state index contributed by atoms with van der Waals surface area (Å²) in [6.45, 7) is 2.30. The van der Waals surface area contributed by atoms with E-state index in [0.717, 1.165) is 11.3 Å². The first kappa shape index (κ1) is 13.4. The molecule has 0 bridgehead atoms. The van der Waals surface area contributed by atoms with Crippen molar-refractivity contribution in [1.29, 1.82) is 5.26 Å². The fourth-order valence-corrected chi connectivity index (χ4v) is 1.91. The highest BCUT2D eigenvalue weighted by molar-refractivity contribution is 6.30. The molecule has 0 fully saturated rings. The van der Waals surface area contributed by atoms with Crippen LogP contribution < -0.4 is 5.32 Å². The van der Waals surface area contributed by atoms with E-state index in [2.05, 4.69) is 5.32 Å². The van der Waals surface area contributed by atoms with Crippen LogP contribution in [0.5, 0.6) is 0 Å². The van der Waals surface area contributed by atoms with Crippen LogP contribution in [0.4, 0.5) is 10.1 Å². The van der Waals surface area contributed by atoms with E-state index in [1.165, 1.54) is 6.07 Å². The molecule has 19 heavy (non-hydrogen) atoms. The zero-order valence-electron chi connectivity index (χ0n) is 10.4. The number of halogens is 2. The van der Waals surface area contributed by atoms with E-state index < -0.39 is 0 Å². The van der Waals surface area contributed by atoms with E-state index in [-0.39, 0.29) is 5.82 Å². The molecule has 0 unspecified atom stereocenters. The van der Waals surface area contributed by atoms with Crippen LogP contribution in [-0.4, -0.2) is 0 Å². The summed E-state index contributed by atoms with van der Waals surface area (Å²) in [5.74, 6) is -0.383. The molecule has 2 nitrogen and oxygen atoms in total. The van der Waals surface area contributed by atoms with Gasteiger partial charge >= 0.3 is 0 Å². The average molecular weight is 275 g/mol. The summed E-state index contributed by atoms with van der Waals surface area (Å²) in [7, 11) is 0. The molecule has 2 aromatic rings. The Balaban J connectivity index is 2.15. The van der Waals surface area contributed by atoms with Crippen molar-refractivity contribution in [1.82, 2.24) is 0 Å². The van der Waals surface area contributed by atoms with Crippen LogP contribution in [0, 0.1) is 24.1 Å². The van der Waals surface area contributed by atoms with Gasteiger partial charge in [-0.05, 0) is 36.8 Å². The van der Waals surface area contributed by atoms with Gasteiger partial charge in [0, 0.05) is 22.8 Å². The number of anilines is 1. The molecule has 2 aromatic carbocycles. The normalized spacial score (nSPS) is 10.0. The largest absolute Gasteiger partial charge is 0.381 e. The summed E-state index contributed by atoms with van der Waals surface area (Å²) in [5, 5.41) is 12.5. The van der Waals surface area contributed by atoms with Crippen molar-refractivity contribution in [2.45, 2.75) is 13.5 Å². The first-order valence-corrected chi connectivity index (χ1v) is 6.16. The van der Waals surface area contributed by atoms with Gasteiger partial charge in [0.15, 0.2) is 0 Å². The molecule has 96 valence electrons. The zero-order chi connectivity index (χ0) is 13.8. The Labute approximate surface area is 116 Å². The van der Waals surface area contributed by atoms with Crippen molar-refractivity contribution in [3.05, 3.63) is 63.9 Å². The molecular formula is C15H12ClFN2. The lowest BCUT2D eigenvalue weighted by Crippen LogP contribution is -2.03. The highest BCUT2D eigenvalue weighted by Crippen LogP contribution is 2.21. The second kappa shape index (κ2) is 5.73. The number of nitrogens with zero attached hydrogens (tertiary/aromatic N) is 1. The smallest absolute Gasteiger partial charge is 0.129 e. The summed E-state index contributed by atoms with van der Waals surface area (Å²) in [6, 6.07) is 11.9. The minimum atomic E-state index is -0.383. The zero-order valence-corrected chi connectivity index (χ0v) is 11.1. The van der Waals surface area contributed by atoms with Crippen LogP contribution >= 0.6 is 11.6 Å². The predicted octanol–water partition coefficient (Wildman–Crippen LogP) is 4.27. The molecule has 0 spiro atoms. The van der Waals surface area contributed by atoms with Gasteiger partial charge in [-0.1, -0.05) is 23.7 Å². The van der Waals surface area contributed by atoms with Crippen molar-refractivity contribution in [3.8, 4) is 6.07 Å². The maximum atomic E-state index is 13.7. The maximum absolute atomic E-state index is 13.7. The van der Waals surface area contributed by atoms with Crippen LogP contribution in [0.3, 0.4) is 0 Å². The number of aryl methyl sites for hydroxylation is 1. The predicted molar refractivity (Wildman–Crippen MR) is 74.6 cm³/mol. The Kier molecular flexibility index (Phi) is 4.03. The van der Waals surface area contributed by atoms with Gasteiger partial charge in [-0.15, -0.1) is 0 Å². The molecule has 0 amide bonds. The third kappa shape index (κ3) is 3.24. The lowest BCUT2D eigenvalue weighted by Gasteiger charge is -2.10. The Hall–Kier alpha value is -2.05. The van der Waals surface area contributed by atoms with Gasteiger partial charge in [0.25, 0.3) is 0 Å². The van der Waals surface area contributed by atoms with E-state index >= 15 is 0 Å². The number of hydrogen-bond acceptors (Lipinski definition) is 2. The second-order valence-electron chi connectivity index (χ2n) is 4.23. The number of nitriles is 1. The van der Waals surface area contributed by atoms with Crippen LogP contribution in [0.15, 0.2) is 36.4 Å². The topological polar surface area (TPSA) is 35.8 Å². The van der Waals surface area contributed by atoms with Gasteiger partial charge < -0.3 is 5.32 Å². The molecule has 1 N–H and O–H groups in total. The van der Waals surface area contributed by atoms with E-state index in [0.29, 0.717) is 22.7 Å². The molecule has 0 saturated carbocycles. The van der Waals surface area contributed by atoms with Crippen molar-refractivity contribution < 1.29 is 4.39 Å². The summed E-state index contributed by atoms with van der Waals surface area (Å²) in [5.41, 5.74) is 2.74. The van der Waals surface area contributed by atoms with Crippen LogP contribution in [-0.2, 0) is 6.54 Å². The Morgan fingerprint density at radius 3 is 2.74 bits per heavy atom. The standard InChI is InChI=1S/C15H12ClFN2/c1-10-2-5-13(16)7-15(10)19-9-12-4-3-11(8-18)6-14(12)17/h2-7,19H,9H2,1H3. The molecule has 0 aromatic heterocycles. The highest BCUT2D eigenvalue weighted by Gasteiger charge is 2.05. The van der Waals surface area contributed by atoms with E-state index in [4.69, 9.17) is 16.9 Å². The number of hydrogen-bond donors (Lipinski definition) is 1. The van der Waals surface area contributed by atoms with Gasteiger partial charge in [-0.3, -0.25) is 0 Å². The van der Waals surface area contributed by atoms with Crippen LogP contribution in [0.2, 0.25) is 5.02 Å². The lowest BCUT2D eigenvalue weighted by atomic mass is 10.1. The molecule has 0 atom stereocenters. The van der Waals surface area contributed by atoms with Crippen molar-refractivity contribution >= 4 is 17.3 Å². The first-order chi connectivity index (χ1) is 9.10. The summed E-state index contributed by atoms with van der Waals surface area (Å²) >= 11 is 5.92. The number of nitrogens with one attached hydrogen (secondary N) is 1. The van der Waals surface area contributed by atoms with E-state index in [1.54, 1.807) is 18.2 Å². The number of rotatable bonds is 3. The minimum absolute atomic E-state index is 0.320. The Morgan fingerprint density at radius 2 is 2.05 bits per heavy atom. The highest BCUT2D eigenvalue weighted by atomic mass is 35.5. The quantitative estimate of drug-likeness (QED) is 0.907. The van der Waals surface area contributed by atoms with Crippen LogP contribution in [0.1, 0.15) is 16.7 Å². The lowest BCUT2D eigenvalue weighted by molar-refractivity contribution is 0.612. The average Bonchev–Trinajstić information content (AvgIpc) is 2.40. The summed E-state index contributed by atoms with van der Waals surface area (Å²) in [6.07, 6.45) is 0. The van der Waals surface area contributed by atoms with Crippen molar-refractivity contribution in [2.75, 3.05) is 5.32 Å². The molecular weight excluding hydrogens is 263 g/mol. The maximum Gasteiger partial charge on any atom is 0.129 e. The Morgan fingerprint density at radius 1 is 1.26 bits per heavy atom. The Bertz CT molecular complexity index is 647. The SMILES string of the molecule is Cc1ccc(Cl)cc1NCc1ccc(C#N)cc1F. The van der Waals surface area contributed by atoms with Crippen molar-refractivity contribution in [3.63, 3.8) is 0 Å². The third-order valence-electron chi connectivity index (χ3n) is 2.85. The summed E-state index contributed by atoms with van der Waals surface area (Å²) in [4.78, 5) is 0. The third-order valence-corrected chi connectivity index (χ3v) is 3.09. The molecule has 2 rings (SSSR count).